The molecular weight excluding hydrogens is 841 g/mol. The first-order chi connectivity index (χ1) is 31.3. The summed E-state index contributed by atoms with van der Waals surface area (Å²) in [6.07, 6.45) is 6.14. The molecule has 0 saturated heterocycles. The molecule has 4 aromatic carbocycles. The normalized spacial score (nSPS) is 16.0. The summed E-state index contributed by atoms with van der Waals surface area (Å²) in [4.78, 5) is 0. The predicted octanol–water partition coefficient (Wildman–Crippen LogP) is 19.4. The Morgan fingerprint density at radius 1 is 0.333 bits per heavy atom. The van der Waals surface area contributed by atoms with E-state index in [1.165, 1.54) is 50.1 Å². The van der Waals surface area contributed by atoms with Crippen LogP contribution in [0.4, 0.5) is 0 Å². The van der Waals surface area contributed by atoms with Crippen LogP contribution in [0.15, 0.2) is 54.6 Å². The Labute approximate surface area is 424 Å². The van der Waals surface area contributed by atoms with Gasteiger partial charge in [-0.15, -0.1) is 0 Å². The molecule has 69 heavy (non-hydrogen) atoms. The Balaban J connectivity index is 2.34. The molecule has 0 spiro atoms. The van der Waals surface area contributed by atoms with Gasteiger partial charge in [0.15, 0.2) is 0 Å². The first kappa shape index (κ1) is 57.9. The summed E-state index contributed by atoms with van der Waals surface area (Å²) in [5.74, 6) is 2.77. The van der Waals surface area contributed by atoms with Gasteiger partial charge in [0.1, 0.15) is 17.2 Å². The quantitative estimate of drug-likeness (QED) is 0.111. The van der Waals surface area contributed by atoms with Crippen LogP contribution in [0.1, 0.15) is 268 Å². The van der Waals surface area contributed by atoms with Crippen molar-refractivity contribution in [2.24, 2.45) is 34.0 Å². The average Bonchev–Trinajstić information content (AvgIpc) is 3.19. The molecule has 0 amide bonds. The minimum Gasteiger partial charge on any atom is -0.508 e. The molecule has 4 aromatic rings. The van der Waals surface area contributed by atoms with Crippen LogP contribution < -0.4 is 0 Å². The summed E-state index contributed by atoms with van der Waals surface area (Å²) in [5, 5.41) is 34.4. The van der Waals surface area contributed by atoms with E-state index in [1.807, 2.05) is 18.2 Å². The SMILES string of the molecule is Cc1c(C(CCC(C)C(C)(C)C)c2ccc(O)c(C(C)(C)C)c2)c(C)c(C(CCC(C)C(C)(C)C)c2ccc(O)c(C(C)(C)C)c2)c(C)c1C(CCC(C)C(C)(C)C)c1ccc(O)c(C(C)(C)C)c1. The van der Waals surface area contributed by atoms with Gasteiger partial charge in [0.2, 0.25) is 0 Å². The molecule has 0 aliphatic heterocycles. The van der Waals surface area contributed by atoms with Crippen molar-refractivity contribution in [1.82, 2.24) is 0 Å². The van der Waals surface area contributed by atoms with Crippen molar-refractivity contribution in [3.05, 3.63) is 121 Å². The molecule has 0 saturated carbocycles. The number of benzene rings is 4. The Morgan fingerprint density at radius 2 is 0.536 bits per heavy atom. The monoisotopic (exact) mass is 943 g/mol. The summed E-state index contributed by atoms with van der Waals surface area (Å²) in [6, 6.07) is 19.5. The molecule has 0 fully saturated rings. The maximum Gasteiger partial charge on any atom is 0.119 e. The van der Waals surface area contributed by atoms with Gasteiger partial charge in [0, 0.05) is 17.8 Å². The number of phenolic OH excluding ortho intramolecular Hbond substituents is 3. The van der Waals surface area contributed by atoms with Crippen molar-refractivity contribution in [3.8, 4) is 17.2 Å². The minimum atomic E-state index is -0.242. The Kier molecular flexibility index (Phi) is 17.7. The van der Waals surface area contributed by atoms with E-state index in [9.17, 15) is 15.3 Å². The number of hydrogen-bond acceptors (Lipinski definition) is 3. The standard InChI is InChI=1S/C66H102O3/c1-40(61(7,8)9)25-31-49(46-28-34-55(67)52(37-46)64(16,17)18)58-43(4)59(50(32-26-41(2)62(10,11)12)47-29-35-56(68)53(38-47)65(19,20)21)45(6)60(44(58)5)51(33-27-42(3)63(13,14)15)48-30-36-57(69)54(39-48)66(22,23)24/h28-30,34-42,49-51,67-69H,25-27,31-33H2,1-24H3. The highest BCUT2D eigenvalue weighted by molar-refractivity contribution is 5.61. The molecule has 4 rings (SSSR count). The molecular formula is C66H102O3. The third-order valence-electron chi connectivity index (χ3n) is 17.3. The van der Waals surface area contributed by atoms with Crippen LogP contribution in [0, 0.1) is 54.8 Å². The lowest BCUT2D eigenvalue weighted by Gasteiger charge is -2.37. The molecule has 0 bridgehead atoms. The smallest absolute Gasteiger partial charge is 0.119 e. The molecule has 6 unspecified atom stereocenters. The largest absolute Gasteiger partial charge is 0.508 e. The fourth-order valence-corrected chi connectivity index (χ4v) is 10.9. The zero-order chi connectivity index (χ0) is 52.7. The molecule has 384 valence electrons. The van der Waals surface area contributed by atoms with Gasteiger partial charge in [-0.1, -0.05) is 182 Å². The summed E-state index contributed by atoms with van der Waals surface area (Å²) in [7, 11) is 0. The molecule has 3 N–H and O–H groups in total. The molecule has 6 atom stereocenters. The van der Waals surface area contributed by atoms with Crippen LogP contribution in [0.25, 0.3) is 0 Å². The average molecular weight is 944 g/mol. The van der Waals surface area contributed by atoms with E-state index in [0.29, 0.717) is 35.0 Å². The Hall–Kier alpha value is -3.72. The first-order valence-electron chi connectivity index (χ1n) is 26.9. The molecule has 0 aliphatic carbocycles. The summed E-state index contributed by atoms with van der Waals surface area (Å²) in [6.45, 7) is 55.8. The summed E-state index contributed by atoms with van der Waals surface area (Å²) in [5.41, 5.74) is 14.9. The van der Waals surface area contributed by atoms with E-state index in [2.05, 4.69) is 203 Å². The summed E-state index contributed by atoms with van der Waals surface area (Å²) < 4.78 is 0. The van der Waals surface area contributed by atoms with Crippen molar-refractivity contribution >= 4 is 0 Å². The van der Waals surface area contributed by atoms with Crippen LogP contribution in [0.5, 0.6) is 17.2 Å². The molecule has 0 radical (unpaired) electrons. The van der Waals surface area contributed by atoms with E-state index < -0.39 is 0 Å². The lowest BCUT2D eigenvalue weighted by Crippen LogP contribution is -2.23. The van der Waals surface area contributed by atoms with Gasteiger partial charge >= 0.3 is 0 Å². The van der Waals surface area contributed by atoms with Gasteiger partial charge in [0.05, 0.1) is 0 Å². The number of rotatable bonds is 15. The lowest BCUT2D eigenvalue weighted by molar-refractivity contribution is 0.239. The lowest BCUT2D eigenvalue weighted by atomic mass is 9.68. The van der Waals surface area contributed by atoms with Gasteiger partial charge in [-0.25, -0.2) is 0 Å². The third kappa shape index (κ3) is 13.8. The number of aromatic hydroxyl groups is 3. The Bertz CT molecular complexity index is 2080. The van der Waals surface area contributed by atoms with Gasteiger partial charge in [0.25, 0.3) is 0 Å². The van der Waals surface area contributed by atoms with Crippen molar-refractivity contribution in [2.45, 2.75) is 239 Å². The highest BCUT2D eigenvalue weighted by Crippen LogP contribution is 2.51. The van der Waals surface area contributed by atoms with Gasteiger partial charge < -0.3 is 15.3 Å². The van der Waals surface area contributed by atoms with Crippen LogP contribution in [0.2, 0.25) is 0 Å². The zero-order valence-corrected chi connectivity index (χ0v) is 48.7. The molecule has 3 heteroatoms. The van der Waals surface area contributed by atoms with Crippen molar-refractivity contribution in [3.63, 3.8) is 0 Å². The summed E-state index contributed by atoms with van der Waals surface area (Å²) >= 11 is 0. The van der Waals surface area contributed by atoms with Crippen LogP contribution in [-0.2, 0) is 16.2 Å². The zero-order valence-electron chi connectivity index (χ0n) is 48.7. The van der Waals surface area contributed by atoms with Gasteiger partial charge in [-0.3, -0.25) is 0 Å². The fraction of sp³-hybridized carbons (Fsp3) is 0.636. The first-order valence-corrected chi connectivity index (χ1v) is 26.9. The highest BCUT2D eigenvalue weighted by atomic mass is 16.3. The Morgan fingerprint density at radius 3 is 0.710 bits per heavy atom. The van der Waals surface area contributed by atoms with E-state index >= 15 is 0 Å². The van der Waals surface area contributed by atoms with E-state index in [0.717, 1.165) is 55.2 Å². The van der Waals surface area contributed by atoms with E-state index in [4.69, 9.17) is 0 Å². The molecule has 0 aliphatic rings. The van der Waals surface area contributed by atoms with Crippen molar-refractivity contribution in [1.29, 1.82) is 0 Å². The van der Waals surface area contributed by atoms with Crippen LogP contribution in [-0.4, -0.2) is 15.3 Å². The van der Waals surface area contributed by atoms with E-state index in [-0.39, 0.29) is 50.2 Å². The maximum atomic E-state index is 11.5. The molecule has 0 aromatic heterocycles. The van der Waals surface area contributed by atoms with E-state index in [1.54, 1.807) is 0 Å². The second-order valence-electron chi connectivity index (χ2n) is 28.4. The van der Waals surface area contributed by atoms with Crippen molar-refractivity contribution < 1.29 is 15.3 Å². The third-order valence-corrected chi connectivity index (χ3v) is 17.3. The topological polar surface area (TPSA) is 60.7 Å². The predicted molar refractivity (Wildman–Crippen MR) is 300 cm³/mol. The number of hydrogen-bond donors (Lipinski definition) is 3. The molecule has 3 nitrogen and oxygen atoms in total. The maximum absolute atomic E-state index is 11.5. The van der Waals surface area contributed by atoms with Gasteiger partial charge in [-0.05, 0) is 195 Å². The minimum absolute atomic E-state index is 0.0767. The fourth-order valence-electron chi connectivity index (χ4n) is 10.9. The molecule has 0 heterocycles. The van der Waals surface area contributed by atoms with Crippen LogP contribution >= 0.6 is 0 Å². The second-order valence-corrected chi connectivity index (χ2v) is 28.4. The van der Waals surface area contributed by atoms with Crippen LogP contribution in [0.3, 0.4) is 0 Å². The second kappa shape index (κ2) is 21.2. The van der Waals surface area contributed by atoms with Gasteiger partial charge in [-0.2, -0.15) is 0 Å². The number of phenols is 3. The highest BCUT2D eigenvalue weighted by Gasteiger charge is 2.36. The van der Waals surface area contributed by atoms with Crippen molar-refractivity contribution in [2.75, 3.05) is 0 Å².